The third-order valence-corrected chi connectivity index (χ3v) is 10.9. The Balaban J connectivity index is 0.000000632. The van der Waals surface area contributed by atoms with Gasteiger partial charge >= 0.3 is 0 Å². The molecule has 0 aliphatic carbocycles. The monoisotopic (exact) mass is 658 g/mol. The van der Waals surface area contributed by atoms with Crippen molar-refractivity contribution in [1.29, 1.82) is 0 Å². The lowest BCUT2D eigenvalue weighted by atomic mass is 10.1. The zero-order valence-corrected chi connectivity index (χ0v) is 28.6. The van der Waals surface area contributed by atoms with Crippen LogP contribution in [-0.4, -0.2) is 9.13 Å². The smallest absolute Gasteiger partial charge is 0.0562 e. The van der Waals surface area contributed by atoms with Crippen LogP contribution >= 0.6 is 11.3 Å². The van der Waals surface area contributed by atoms with Gasteiger partial charge in [0.1, 0.15) is 0 Å². The number of thiophene rings is 1. The topological polar surface area (TPSA) is 9.86 Å². The highest BCUT2D eigenvalue weighted by Gasteiger charge is 2.19. The molecule has 10 aromatic rings. The fourth-order valence-electron chi connectivity index (χ4n) is 7.46. The zero-order valence-electron chi connectivity index (χ0n) is 27.8. The Morgan fingerprint density at radius 1 is 0.480 bits per heavy atom. The molecule has 0 radical (unpaired) electrons. The van der Waals surface area contributed by atoms with Gasteiger partial charge in [0, 0.05) is 53.1 Å². The van der Waals surface area contributed by atoms with Gasteiger partial charge in [0.2, 0.25) is 0 Å². The number of allylic oxidation sites excluding steroid dienone is 3. The maximum Gasteiger partial charge on any atom is 0.0562 e. The van der Waals surface area contributed by atoms with Crippen LogP contribution in [0, 0.1) is 0 Å². The van der Waals surface area contributed by atoms with Crippen molar-refractivity contribution in [2.24, 2.45) is 0 Å². The predicted octanol–water partition coefficient (Wildman–Crippen LogP) is 13.7. The number of aromatic nitrogens is 2. The molecule has 238 valence electrons. The van der Waals surface area contributed by atoms with Crippen molar-refractivity contribution in [3.8, 4) is 22.5 Å². The molecule has 3 heterocycles. The minimum Gasteiger partial charge on any atom is -0.309 e. The van der Waals surface area contributed by atoms with Crippen LogP contribution in [0.4, 0.5) is 0 Å². The molecule has 0 unspecified atom stereocenters. The van der Waals surface area contributed by atoms with E-state index in [4.69, 9.17) is 0 Å². The number of benzene rings is 7. The van der Waals surface area contributed by atoms with E-state index < -0.39 is 0 Å². The van der Waals surface area contributed by atoms with Crippen molar-refractivity contribution in [3.63, 3.8) is 0 Å². The van der Waals surface area contributed by atoms with E-state index in [1.165, 1.54) is 74.9 Å². The second kappa shape index (κ2) is 12.4. The van der Waals surface area contributed by atoms with Crippen molar-refractivity contribution >= 4 is 75.1 Å². The Kier molecular flexibility index (Phi) is 7.41. The first-order valence-electron chi connectivity index (χ1n) is 17.0. The number of hydrogen-bond acceptors (Lipinski definition) is 1. The van der Waals surface area contributed by atoms with Gasteiger partial charge in [-0.05, 0) is 66.6 Å². The van der Waals surface area contributed by atoms with Crippen molar-refractivity contribution in [2.45, 2.75) is 6.92 Å². The van der Waals surface area contributed by atoms with Gasteiger partial charge in [-0.25, -0.2) is 0 Å². The normalized spacial score (nSPS) is 11.7. The van der Waals surface area contributed by atoms with Gasteiger partial charge in [-0.15, -0.1) is 11.3 Å². The number of hydrogen-bond donors (Lipinski definition) is 0. The van der Waals surface area contributed by atoms with E-state index in [9.17, 15) is 0 Å². The van der Waals surface area contributed by atoms with Gasteiger partial charge in [0.25, 0.3) is 0 Å². The van der Waals surface area contributed by atoms with Crippen LogP contribution in [0.5, 0.6) is 0 Å². The van der Waals surface area contributed by atoms with E-state index in [0.29, 0.717) is 0 Å². The van der Waals surface area contributed by atoms with E-state index in [1.54, 1.807) is 6.08 Å². The maximum absolute atomic E-state index is 3.46. The highest BCUT2D eigenvalue weighted by atomic mass is 32.1. The van der Waals surface area contributed by atoms with E-state index in [2.05, 4.69) is 173 Å². The van der Waals surface area contributed by atoms with E-state index in [1.807, 2.05) is 30.4 Å². The Labute approximate surface area is 295 Å². The summed E-state index contributed by atoms with van der Waals surface area (Å²) in [5.41, 5.74) is 9.66. The minimum atomic E-state index is 1.16. The van der Waals surface area contributed by atoms with Crippen LogP contribution in [0.1, 0.15) is 6.92 Å². The van der Waals surface area contributed by atoms with Crippen LogP contribution in [0.3, 0.4) is 0 Å². The van der Waals surface area contributed by atoms with Gasteiger partial charge in [-0.1, -0.05) is 134 Å². The number of para-hydroxylation sites is 2. The minimum absolute atomic E-state index is 1.16. The molecule has 0 fully saturated rings. The Bertz CT molecular complexity index is 2830. The lowest BCUT2D eigenvalue weighted by Crippen LogP contribution is -1.97. The summed E-state index contributed by atoms with van der Waals surface area (Å²) in [7, 11) is 0. The van der Waals surface area contributed by atoms with Crippen LogP contribution in [0.25, 0.3) is 86.3 Å². The highest BCUT2D eigenvalue weighted by Crippen LogP contribution is 2.44. The first-order chi connectivity index (χ1) is 24.7. The molecule has 0 aliphatic rings. The number of nitrogens with zero attached hydrogens (tertiary/aromatic N) is 2. The van der Waals surface area contributed by atoms with Crippen molar-refractivity contribution in [1.82, 2.24) is 9.13 Å². The molecule has 0 atom stereocenters. The van der Waals surface area contributed by atoms with Gasteiger partial charge in [0.15, 0.2) is 0 Å². The number of fused-ring (bicyclic) bond motifs is 10. The summed E-state index contributed by atoms with van der Waals surface area (Å²) in [5.74, 6) is 0. The summed E-state index contributed by atoms with van der Waals surface area (Å²) in [6.45, 7) is 5.42. The molecule has 0 aliphatic heterocycles. The second-order valence-corrected chi connectivity index (χ2v) is 13.6. The maximum atomic E-state index is 3.46. The second-order valence-electron chi connectivity index (χ2n) is 12.5. The Morgan fingerprint density at radius 2 is 1.06 bits per heavy atom. The van der Waals surface area contributed by atoms with Crippen LogP contribution in [0.2, 0.25) is 0 Å². The molecule has 0 bridgehead atoms. The molecule has 0 saturated carbocycles. The standard InChI is InChI=1S/C42H26N2S.C5H8/c1-2-10-27(11-3-1)28-18-20-29(21-19-28)43-38-25-24-34-33-14-6-9-17-40(33)45-42(34)41(38)35-23-22-30(26-39(35)43)44-36-15-7-4-12-31(36)32-13-5-8-16-37(32)44;1-3-5-4-2/h1-26H;3-5H,1H2,2H3/b;5-4-. The molecule has 3 heteroatoms. The molecule has 0 spiro atoms. The van der Waals surface area contributed by atoms with Gasteiger partial charge < -0.3 is 9.13 Å². The molecule has 0 amide bonds. The summed E-state index contributed by atoms with van der Waals surface area (Å²) in [6, 6.07) is 57.6. The summed E-state index contributed by atoms with van der Waals surface area (Å²) in [4.78, 5) is 0. The predicted molar refractivity (Wildman–Crippen MR) is 218 cm³/mol. The quantitative estimate of drug-likeness (QED) is 0.167. The third kappa shape index (κ3) is 4.78. The van der Waals surface area contributed by atoms with Crippen LogP contribution in [-0.2, 0) is 0 Å². The average molecular weight is 659 g/mol. The highest BCUT2D eigenvalue weighted by molar-refractivity contribution is 7.26. The van der Waals surface area contributed by atoms with Gasteiger partial charge in [0.05, 0.1) is 22.1 Å². The van der Waals surface area contributed by atoms with Gasteiger partial charge in [-0.3, -0.25) is 0 Å². The average Bonchev–Trinajstić information content (AvgIpc) is 3.83. The molecule has 0 N–H and O–H groups in total. The van der Waals surface area contributed by atoms with E-state index >= 15 is 0 Å². The first-order valence-corrected chi connectivity index (χ1v) is 17.8. The zero-order chi connectivity index (χ0) is 33.6. The molecule has 2 nitrogen and oxygen atoms in total. The molecule has 3 aromatic heterocycles. The van der Waals surface area contributed by atoms with Crippen molar-refractivity contribution in [2.75, 3.05) is 0 Å². The largest absolute Gasteiger partial charge is 0.309 e. The first kappa shape index (κ1) is 29.9. The molecule has 7 aromatic carbocycles. The summed E-state index contributed by atoms with van der Waals surface area (Å²) < 4.78 is 7.55. The fraction of sp³-hybridized carbons (Fsp3) is 0.0213. The molecule has 50 heavy (non-hydrogen) atoms. The molecule has 10 rings (SSSR count). The fourth-order valence-corrected chi connectivity index (χ4v) is 8.72. The third-order valence-electron chi connectivity index (χ3n) is 9.66. The van der Waals surface area contributed by atoms with Crippen molar-refractivity contribution < 1.29 is 0 Å². The summed E-state index contributed by atoms with van der Waals surface area (Å²) >= 11 is 1.90. The van der Waals surface area contributed by atoms with Gasteiger partial charge in [-0.2, -0.15) is 0 Å². The van der Waals surface area contributed by atoms with E-state index in [-0.39, 0.29) is 0 Å². The molecular weight excluding hydrogens is 625 g/mol. The van der Waals surface area contributed by atoms with E-state index in [0.717, 1.165) is 11.4 Å². The lowest BCUT2D eigenvalue weighted by molar-refractivity contribution is 1.15. The number of rotatable bonds is 4. The summed E-state index contributed by atoms with van der Waals surface area (Å²) in [5, 5.41) is 7.81. The Morgan fingerprint density at radius 3 is 1.74 bits per heavy atom. The van der Waals surface area contributed by atoms with Crippen LogP contribution < -0.4 is 0 Å². The van der Waals surface area contributed by atoms with Crippen molar-refractivity contribution in [3.05, 3.63) is 183 Å². The Hall–Kier alpha value is -6.16. The molecular formula is C47H34N2S. The summed E-state index contributed by atoms with van der Waals surface area (Å²) in [6.07, 6.45) is 5.58. The molecule has 0 saturated heterocycles. The van der Waals surface area contributed by atoms with Crippen LogP contribution in [0.15, 0.2) is 183 Å². The SMILES string of the molecule is C=C/C=C\C.c1ccc(-c2ccc(-n3c4cc(-n5c6ccccc6c6ccccc65)ccc4c4c5sc6ccccc6c5ccc43)cc2)cc1. The lowest BCUT2D eigenvalue weighted by Gasteiger charge is -2.12.